The molecule has 4 N–H and O–H groups in total. The number of allylic oxidation sites excluding steroid dienone is 1. The van der Waals surface area contributed by atoms with E-state index < -0.39 is 12.0 Å². The van der Waals surface area contributed by atoms with Crippen LogP contribution in [0.5, 0.6) is 0 Å². The van der Waals surface area contributed by atoms with Crippen molar-refractivity contribution < 1.29 is 9.90 Å². The Bertz CT molecular complexity index is 323. The minimum absolute atomic E-state index is 0.0718. The Kier molecular flexibility index (Phi) is 7.71. The number of nitrogens with two attached hydrogens (primary N) is 1. The fourth-order valence-electron chi connectivity index (χ4n) is 1.04. The molecule has 0 spiro atoms. The predicted molar refractivity (Wildman–Crippen MR) is 67.6 cm³/mol. The normalized spacial score (nSPS) is 13.1. The fraction of sp³-hybridized carbons (Fsp3) is 0.500. The molecule has 0 aliphatic rings. The second-order valence-electron chi connectivity index (χ2n) is 3.78. The van der Waals surface area contributed by atoms with Crippen LogP contribution in [-0.2, 0) is 11.2 Å². The van der Waals surface area contributed by atoms with E-state index in [0.29, 0.717) is 0 Å². The van der Waals surface area contributed by atoms with E-state index in [9.17, 15) is 4.79 Å². The van der Waals surface area contributed by atoms with E-state index in [1.807, 2.05) is 19.9 Å². The van der Waals surface area contributed by atoms with Gasteiger partial charge in [-0.15, -0.1) is 6.58 Å². The molecular weight excluding hydrogens is 218 g/mol. The maximum absolute atomic E-state index is 10.2. The van der Waals surface area contributed by atoms with Gasteiger partial charge >= 0.3 is 5.97 Å². The van der Waals surface area contributed by atoms with E-state index in [1.165, 1.54) is 0 Å². The van der Waals surface area contributed by atoms with Gasteiger partial charge in [0.2, 0.25) is 0 Å². The SMILES string of the molecule is C=CCc1ncc[nH]1.CCC(C)C(N)C(=O)O. The van der Waals surface area contributed by atoms with Crippen LogP contribution in [0.2, 0.25) is 0 Å². The number of hydrogen-bond acceptors (Lipinski definition) is 3. The van der Waals surface area contributed by atoms with Gasteiger partial charge in [0.15, 0.2) is 0 Å². The van der Waals surface area contributed by atoms with Gasteiger partial charge in [-0.1, -0.05) is 26.3 Å². The molecular formula is C12H21N3O2. The van der Waals surface area contributed by atoms with Crippen molar-refractivity contribution in [2.45, 2.75) is 32.7 Å². The zero-order valence-electron chi connectivity index (χ0n) is 10.4. The number of nitrogens with one attached hydrogen (secondary N) is 1. The lowest BCUT2D eigenvalue weighted by Crippen LogP contribution is -2.36. The Labute approximate surface area is 102 Å². The van der Waals surface area contributed by atoms with Crippen LogP contribution in [0, 0.1) is 5.92 Å². The van der Waals surface area contributed by atoms with Crippen molar-refractivity contribution in [3.8, 4) is 0 Å². The summed E-state index contributed by atoms with van der Waals surface area (Å²) in [7, 11) is 0. The molecule has 96 valence electrons. The molecule has 1 aromatic rings. The van der Waals surface area contributed by atoms with Gasteiger partial charge < -0.3 is 15.8 Å². The summed E-state index contributed by atoms with van der Waals surface area (Å²) < 4.78 is 0. The number of carbonyl (C=O) groups is 1. The van der Waals surface area contributed by atoms with Crippen LogP contribution in [0.1, 0.15) is 26.1 Å². The molecule has 0 bridgehead atoms. The smallest absolute Gasteiger partial charge is 0.320 e. The van der Waals surface area contributed by atoms with Gasteiger partial charge in [0, 0.05) is 18.8 Å². The zero-order chi connectivity index (χ0) is 13.3. The first kappa shape index (κ1) is 15.4. The quantitative estimate of drug-likeness (QED) is 0.680. The Balaban J connectivity index is 0.000000302. The molecule has 0 aliphatic carbocycles. The number of imidazole rings is 1. The fourth-order valence-corrected chi connectivity index (χ4v) is 1.04. The van der Waals surface area contributed by atoms with Crippen molar-refractivity contribution in [1.29, 1.82) is 0 Å². The summed E-state index contributed by atoms with van der Waals surface area (Å²) in [5, 5.41) is 8.36. The molecule has 0 aliphatic heterocycles. The summed E-state index contributed by atoms with van der Waals surface area (Å²) in [4.78, 5) is 17.1. The van der Waals surface area contributed by atoms with Crippen molar-refractivity contribution in [3.05, 3.63) is 30.9 Å². The number of hydrogen-bond donors (Lipinski definition) is 3. The molecule has 5 heteroatoms. The average molecular weight is 239 g/mol. The first-order chi connectivity index (χ1) is 8.02. The molecule has 1 aromatic heterocycles. The lowest BCUT2D eigenvalue weighted by atomic mass is 10.0. The number of carboxylic acid groups (broad SMARTS) is 1. The Morgan fingerprint density at radius 3 is 2.71 bits per heavy atom. The van der Waals surface area contributed by atoms with Gasteiger partial charge in [-0.2, -0.15) is 0 Å². The Hall–Kier alpha value is -1.62. The highest BCUT2D eigenvalue weighted by Gasteiger charge is 2.17. The maximum Gasteiger partial charge on any atom is 0.320 e. The topological polar surface area (TPSA) is 92.0 Å². The van der Waals surface area contributed by atoms with Crippen LogP contribution in [0.4, 0.5) is 0 Å². The van der Waals surface area contributed by atoms with E-state index in [1.54, 1.807) is 12.4 Å². The molecule has 2 unspecified atom stereocenters. The number of aromatic amines is 1. The van der Waals surface area contributed by atoms with Crippen molar-refractivity contribution in [2.75, 3.05) is 0 Å². The molecule has 0 aromatic carbocycles. The summed E-state index contributed by atoms with van der Waals surface area (Å²) in [5.74, 6) is 0.131. The molecule has 2 atom stereocenters. The highest BCUT2D eigenvalue weighted by molar-refractivity contribution is 5.73. The summed E-state index contributed by atoms with van der Waals surface area (Å²) in [6.45, 7) is 7.33. The number of rotatable bonds is 5. The first-order valence-corrected chi connectivity index (χ1v) is 5.60. The van der Waals surface area contributed by atoms with Crippen LogP contribution in [0.25, 0.3) is 0 Å². The summed E-state index contributed by atoms with van der Waals surface area (Å²) in [5.41, 5.74) is 5.27. The third-order valence-electron chi connectivity index (χ3n) is 2.43. The third kappa shape index (κ3) is 6.52. The minimum Gasteiger partial charge on any atom is -0.480 e. The molecule has 5 nitrogen and oxygen atoms in total. The molecule has 1 rings (SSSR count). The van der Waals surface area contributed by atoms with Gasteiger partial charge in [-0.05, 0) is 5.92 Å². The van der Waals surface area contributed by atoms with Gasteiger partial charge in [-0.25, -0.2) is 4.98 Å². The second kappa shape index (κ2) is 8.52. The van der Waals surface area contributed by atoms with Crippen LogP contribution in [-0.4, -0.2) is 27.1 Å². The number of carboxylic acids is 1. The zero-order valence-corrected chi connectivity index (χ0v) is 10.4. The number of aromatic nitrogens is 2. The number of nitrogens with zero attached hydrogens (tertiary/aromatic N) is 1. The Morgan fingerprint density at radius 1 is 1.76 bits per heavy atom. The van der Waals surface area contributed by atoms with E-state index in [2.05, 4.69) is 16.5 Å². The van der Waals surface area contributed by atoms with E-state index >= 15 is 0 Å². The summed E-state index contributed by atoms with van der Waals surface area (Å²) in [6, 6.07) is -0.699. The van der Waals surface area contributed by atoms with E-state index in [4.69, 9.17) is 10.8 Å². The van der Waals surface area contributed by atoms with Crippen LogP contribution in [0.3, 0.4) is 0 Å². The third-order valence-corrected chi connectivity index (χ3v) is 2.43. The Morgan fingerprint density at radius 2 is 2.41 bits per heavy atom. The van der Waals surface area contributed by atoms with E-state index in [-0.39, 0.29) is 5.92 Å². The minimum atomic E-state index is -0.913. The second-order valence-corrected chi connectivity index (χ2v) is 3.78. The highest BCUT2D eigenvalue weighted by atomic mass is 16.4. The van der Waals surface area contributed by atoms with Gasteiger partial charge in [0.25, 0.3) is 0 Å². The molecule has 0 saturated heterocycles. The predicted octanol–water partition coefficient (Wildman–Crippen LogP) is 1.58. The van der Waals surface area contributed by atoms with Crippen molar-refractivity contribution >= 4 is 5.97 Å². The molecule has 1 heterocycles. The van der Waals surface area contributed by atoms with Crippen molar-refractivity contribution in [1.82, 2.24) is 9.97 Å². The van der Waals surface area contributed by atoms with Crippen molar-refractivity contribution in [3.63, 3.8) is 0 Å². The number of aliphatic carboxylic acids is 1. The van der Waals surface area contributed by atoms with Gasteiger partial charge in [0.1, 0.15) is 11.9 Å². The summed E-state index contributed by atoms with van der Waals surface area (Å²) >= 11 is 0. The number of H-pyrrole nitrogens is 1. The van der Waals surface area contributed by atoms with Gasteiger partial charge in [0.05, 0.1) is 0 Å². The van der Waals surface area contributed by atoms with E-state index in [0.717, 1.165) is 18.7 Å². The van der Waals surface area contributed by atoms with Crippen LogP contribution in [0.15, 0.2) is 25.0 Å². The average Bonchev–Trinajstić information content (AvgIpc) is 2.81. The molecule has 17 heavy (non-hydrogen) atoms. The molecule has 0 saturated carbocycles. The maximum atomic E-state index is 10.2. The van der Waals surface area contributed by atoms with Crippen LogP contribution < -0.4 is 5.73 Å². The lowest BCUT2D eigenvalue weighted by molar-refractivity contribution is -0.139. The monoisotopic (exact) mass is 239 g/mol. The summed E-state index contributed by atoms with van der Waals surface area (Å²) in [6.07, 6.45) is 7.00. The van der Waals surface area contributed by atoms with Gasteiger partial charge in [-0.3, -0.25) is 4.79 Å². The largest absolute Gasteiger partial charge is 0.480 e. The lowest BCUT2D eigenvalue weighted by Gasteiger charge is -2.11. The van der Waals surface area contributed by atoms with Crippen LogP contribution >= 0.6 is 0 Å². The first-order valence-electron chi connectivity index (χ1n) is 5.60. The molecule has 0 radical (unpaired) electrons. The highest BCUT2D eigenvalue weighted by Crippen LogP contribution is 2.04. The molecule has 0 amide bonds. The standard InChI is InChI=1S/C6H8N2.C6H13NO2/c1-2-3-6-7-4-5-8-6;1-3-4(2)5(7)6(8)9/h2,4-5H,1,3H2,(H,7,8);4-5H,3,7H2,1-2H3,(H,8,9). The van der Waals surface area contributed by atoms with Crippen molar-refractivity contribution in [2.24, 2.45) is 11.7 Å². The molecule has 0 fully saturated rings.